The number of rotatable bonds is 60. The Balaban J connectivity index is 4.44. The molecule has 0 aliphatic carbocycles. The van der Waals surface area contributed by atoms with Crippen molar-refractivity contribution in [2.45, 2.75) is 297 Å². The average molecular weight is 1150 g/mol. The minimum Gasteiger partial charge on any atom is -0.462 e. The first-order chi connectivity index (χ1) is 41.0. The van der Waals surface area contributed by atoms with E-state index in [1.165, 1.54) is 83.5 Å². The molecular formula is C77H124O6. The highest BCUT2D eigenvalue weighted by Gasteiger charge is 2.19. The third-order valence-corrected chi connectivity index (χ3v) is 14.0. The Hall–Kier alpha value is -4.97. The van der Waals surface area contributed by atoms with Crippen LogP contribution in [0.1, 0.15) is 290 Å². The summed E-state index contributed by atoms with van der Waals surface area (Å²) in [5.41, 5.74) is 0. The van der Waals surface area contributed by atoms with Crippen LogP contribution in [0.4, 0.5) is 0 Å². The van der Waals surface area contributed by atoms with Crippen LogP contribution >= 0.6 is 0 Å². The maximum Gasteiger partial charge on any atom is 0.306 e. The summed E-state index contributed by atoms with van der Waals surface area (Å²) in [6, 6.07) is 0. The van der Waals surface area contributed by atoms with E-state index in [1.807, 2.05) is 0 Å². The van der Waals surface area contributed by atoms with Crippen molar-refractivity contribution in [3.8, 4) is 0 Å². The van der Waals surface area contributed by atoms with Crippen molar-refractivity contribution in [1.29, 1.82) is 0 Å². The van der Waals surface area contributed by atoms with Gasteiger partial charge in [0.2, 0.25) is 0 Å². The Bertz CT molecular complexity index is 1840. The summed E-state index contributed by atoms with van der Waals surface area (Å²) in [7, 11) is 0. The maximum atomic E-state index is 13.0. The molecule has 0 aromatic rings. The fraction of sp³-hybridized carbons (Fsp3) is 0.623. The standard InChI is InChI=1S/C77H124O6/c1-4-7-10-13-16-19-22-25-28-31-33-35-37-38-40-41-43-46-49-52-55-58-61-64-67-70-76(79)82-73-74(72-81-75(78)69-66-63-60-57-54-51-48-45-30-27-24-21-18-15-12-9-6-3)83-77(80)71-68-65-62-59-56-53-50-47-44-42-39-36-34-32-29-26-23-20-17-14-11-8-5-2/h7-12,16-21,25-30,33-36,38,40,42,44,74H,4-6,13-15,22-24,31-32,37,39,41,43,45-73H2,1-3H3/b10-7-,11-8-,12-9-,19-16-,20-17-,21-18-,28-25-,29-26-,30-27-,35-33-,36-34-,40-38-,44-42-. The van der Waals surface area contributed by atoms with Gasteiger partial charge in [-0.15, -0.1) is 0 Å². The summed E-state index contributed by atoms with van der Waals surface area (Å²) in [4.78, 5) is 38.5. The second-order valence-corrected chi connectivity index (χ2v) is 21.9. The van der Waals surface area contributed by atoms with Crippen LogP contribution in [0.25, 0.3) is 0 Å². The Morgan fingerprint density at radius 1 is 0.241 bits per heavy atom. The van der Waals surface area contributed by atoms with Crippen LogP contribution in [0.2, 0.25) is 0 Å². The molecule has 1 unspecified atom stereocenters. The van der Waals surface area contributed by atoms with Gasteiger partial charge in [-0.1, -0.05) is 288 Å². The molecule has 6 heteroatoms. The highest BCUT2D eigenvalue weighted by atomic mass is 16.6. The summed E-state index contributed by atoms with van der Waals surface area (Å²) in [6.07, 6.45) is 101. The number of ether oxygens (including phenoxy) is 3. The lowest BCUT2D eigenvalue weighted by Crippen LogP contribution is -2.30. The molecule has 1 atom stereocenters. The molecule has 0 fully saturated rings. The van der Waals surface area contributed by atoms with Gasteiger partial charge in [0.1, 0.15) is 13.2 Å². The van der Waals surface area contributed by atoms with Crippen LogP contribution in [0.3, 0.4) is 0 Å². The zero-order valence-corrected chi connectivity index (χ0v) is 53.7. The predicted octanol–water partition coefficient (Wildman–Crippen LogP) is 23.7. The molecule has 468 valence electrons. The number of carbonyl (C=O) groups is 3. The second-order valence-electron chi connectivity index (χ2n) is 21.9. The summed E-state index contributed by atoms with van der Waals surface area (Å²) >= 11 is 0. The lowest BCUT2D eigenvalue weighted by Gasteiger charge is -2.18. The lowest BCUT2D eigenvalue weighted by atomic mass is 10.1. The zero-order valence-electron chi connectivity index (χ0n) is 53.7. The number of esters is 3. The van der Waals surface area contributed by atoms with Gasteiger partial charge in [-0.05, 0) is 141 Å². The topological polar surface area (TPSA) is 78.9 Å². The molecule has 0 heterocycles. The average Bonchev–Trinajstić information content (AvgIpc) is 3.49. The van der Waals surface area contributed by atoms with E-state index in [0.29, 0.717) is 19.3 Å². The first kappa shape index (κ1) is 78.0. The molecular weight excluding hydrogens is 1020 g/mol. The normalized spacial score (nSPS) is 13.1. The van der Waals surface area contributed by atoms with Gasteiger partial charge in [0.25, 0.3) is 0 Å². The molecule has 0 aliphatic heterocycles. The van der Waals surface area contributed by atoms with Gasteiger partial charge in [0, 0.05) is 19.3 Å². The van der Waals surface area contributed by atoms with Gasteiger partial charge in [0.15, 0.2) is 6.10 Å². The molecule has 0 spiro atoms. The van der Waals surface area contributed by atoms with Gasteiger partial charge in [-0.25, -0.2) is 0 Å². The molecule has 0 saturated heterocycles. The predicted molar refractivity (Wildman–Crippen MR) is 362 cm³/mol. The summed E-state index contributed by atoms with van der Waals surface area (Å²) in [6.45, 7) is 6.29. The van der Waals surface area contributed by atoms with Crippen molar-refractivity contribution >= 4 is 17.9 Å². The zero-order chi connectivity index (χ0) is 59.9. The summed E-state index contributed by atoms with van der Waals surface area (Å²) in [5.74, 6) is -0.919. The van der Waals surface area contributed by atoms with Crippen molar-refractivity contribution in [2.24, 2.45) is 0 Å². The van der Waals surface area contributed by atoms with Gasteiger partial charge < -0.3 is 14.2 Å². The van der Waals surface area contributed by atoms with E-state index in [-0.39, 0.29) is 31.1 Å². The van der Waals surface area contributed by atoms with Gasteiger partial charge in [0.05, 0.1) is 0 Å². The molecule has 0 aromatic carbocycles. The third-order valence-electron chi connectivity index (χ3n) is 14.0. The highest BCUT2D eigenvalue weighted by molar-refractivity contribution is 5.71. The van der Waals surface area contributed by atoms with Crippen LogP contribution in [-0.2, 0) is 28.6 Å². The minimum absolute atomic E-state index is 0.0949. The fourth-order valence-electron chi connectivity index (χ4n) is 9.04. The molecule has 0 aliphatic rings. The SMILES string of the molecule is CC/C=C\C/C=C\C/C=C\C/C=C\C/C=C\CCCCCCCCCCCC(=O)OCC(COC(=O)CCCCCCCCC/C=C\C/C=C\C/C=C\CC)OC(=O)CCCCCCCCC/C=C\C/C=C\C/C=C\C/C=C\C/C=C\CC. The van der Waals surface area contributed by atoms with Crippen molar-refractivity contribution in [1.82, 2.24) is 0 Å². The minimum atomic E-state index is -0.801. The van der Waals surface area contributed by atoms with Crippen molar-refractivity contribution in [3.05, 3.63) is 158 Å². The molecule has 0 amide bonds. The maximum absolute atomic E-state index is 13.0. The van der Waals surface area contributed by atoms with E-state index < -0.39 is 6.10 Å². The third kappa shape index (κ3) is 67.7. The van der Waals surface area contributed by atoms with E-state index in [2.05, 4.69) is 179 Å². The van der Waals surface area contributed by atoms with Crippen LogP contribution in [0.15, 0.2) is 158 Å². The molecule has 83 heavy (non-hydrogen) atoms. The van der Waals surface area contributed by atoms with Crippen LogP contribution < -0.4 is 0 Å². The highest BCUT2D eigenvalue weighted by Crippen LogP contribution is 2.15. The second kappa shape index (κ2) is 69.5. The van der Waals surface area contributed by atoms with E-state index >= 15 is 0 Å². The molecule has 0 aromatic heterocycles. The Kier molecular flexibility index (Phi) is 65.4. The molecule has 0 rings (SSSR count). The van der Waals surface area contributed by atoms with Crippen molar-refractivity contribution in [2.75, 3.05) is 13.2 Å². The summed E-state index contributed by atoms with van der Waals surface area (Å²) in [5, 5.41) is 0. The lowest BCUT2D eigenvalue weighted by molar-refractivity contribution is -0.167. The Labute approximate surface area is 511 Å². The van der Waals surface area contributed by atoms with Gasteiger partial charge in [-0.2, -0.15) is 0 Å². The number of hydrogen-bond acceptors (Lipinski definition) is 6. The Morgan fingerprint density at radius 2 is 0.434 bits per heavy atom. The smallest absolute Gasteiger partial charge is 0.306 e. The summed E-state index contributed by atoms with van der Waals surface area (Å²) < 4.78 is 17.0. The monoisotopic (exact) mass is 1140 g/mol. The van der Waals surface area contributed by atoms with E-state index in [4.69, 9.17) is 14.2 Å². The molecule has 0 saturated carbocycles. The molecule has 0 bridgehead atoms. The number of carbonyl (C=O) groups excluding carboxylic acids is 3. The molecule has 6 nitrogen and oxygen atoms in total. The number of allylic oxidation sites excluding steroid dienone is 26. The van der Waals surface area contributed by atoms with Crippen LogP contribution in [0.5, 0.6) is 0 Å². The van der Waals surface area contributed by atoms with Crippen LogP contribution in [-0.4, -0.2) is 37.2 Å². The van der Waals surface area contributed by atoms with E-state index in [1.54, 1.807) is 0 Å². The number of hydrogen-bond donors (Lipinski definition) is 0. The first-order valence-electron chi connectivity index (χ1n) is 34.0. The van der Waals surface area contributed by atoms with E-state index in [9.17, 15) is 14.4 Å². The van der Waals surface area contributed by atoms with Gasteiger partial charge >= 0.3 is 17.9 Å². The quantitative estimate of drug-likeness (QED) is 0.0261. The van der Waals surface area contributed by atoms with Crippen LogP contribution in [0, 0.1) is 0 Å². The fourth-order valence-corrected chi connectivity index (χ4v) is 9.04. The molecule has 0 radical (unpaired) electrons. The van der Waals surface area contributed by atoms with E-state index in [0.717, 1.165) is 167 Å². The van der Waals surface area contributed by atoms with Gasteiger partial charge in [-0.3, -0.25) is 14.4 Å². The van der Waals surface area contributed by atoms with Crippen molar-refractivity contribution in [3.63, 3.8) is 0 Å². The van der Waals surface area contributed by atoms with Crippen molar-refractivity contribution < 1.29 is 28.6 Å². The molecule has 0 N–H and O–H groups in total. The Morgan fingerprint density at radius 3 is 0.675 bits per heavy atom. The largest absolute Gasteiger partial charge is 0.462 e. The first-order valence-corrected chi connectivity index (χ1v) is 34.0. The number of unbranched alkanes of at least 4 members (excludes halogenated alkanes) is 23.